The van der Waals surface area contributed by atoms with Gasteiger partial charge in [-0.15, -0.1) is 5.10 Å². The van der Waals surface area contributed by atoms with Crippen LogP contribution < -0.4 is 11.1 Å². The van der Waals surface area contributed by atoms with Gasteiger partial charge >= 0.3 is 0 Å². The third-order valence-corrected chi connectivity index (χ3v) is 6.79. The summed E-state index contributed by atoms with van der Waals surface area (Å²) in [5, 5.41) is 16.9. The van der Waals surface area contributed by atoms with Gasteiger partial charge in [0.1, 0.15) is 5.82 Å². The van der Waals surface area contributed by atoms with E-state index in [1.165, 1.54) is 27.8 Å². The smallest absolute Gasteiger partial charge is 0.288 e. The fourth-order valence-electron chi connectivity index (χ4n) is 4.77. The molecular formula is C29H32N6O2. The Balaban J connectivity index is 1.20. The number of piperazine rings is 1. The Bertz CT molecular complexity index is 1350. The van der Waals surface area contributed by atoms with Gasteiger partial charge in [-0.3, -0.25) is 9.69 Å². The number of aliphatic hydroxyl groups excluding tert-OH is 1. The molecule has 0 bridgehead atoms. The molecule has 5 rings (SSSR count). The highest BCUT2D eigenvalue weighted by atomic mass is 16.3. The molecule has 1 atom stereocenters. The van der Waals surface area contributed by atoms with Crippen LogP contribution in [0.2, 0.25) is 0 Å². The zero-order chi connectivity index (χ0) is 25.8. The quantitative estimate of drug-likeness (QED) is 0.346. The number of nitrogens with two attached hydrogens (primary N) is 1. The number of carbonyl (C=O) groups excluding carboxylic acids is 1. The minimum Gasteiger partial charge on any atom is -0.395 e. The number of carbonyl (C=O) groups is 1. The van der Waals surface area contributed by atoms with Crippen molar-refractivity contribution in [2.24, 2.45) is 5.73 Å². The minimum absolute atomic E-state index is 0.0204. The van der Waals surface area contributed by atoms with Crippen molar-refractivity contribution in [1.82, 2.24) is 25.0 Å². The van der Waals surface area contributed by atoms with Crippen LogP contribution in [0.3, 0.4) is 0 Å². The lowest BCUT2D eigenvalue weighted by atomic mass is 9.99. The van der Waals surface area contributed by atoms with Gasteiger partial charge in [0.05, 0.1) is 12.3 Å². The second kappa shape index (κ2) is 11.0. The van der Waals surface area contributed by atoms with E-state index in [4.69, 9.17) is 5.73 Å². The number of aromatic nitrogens is 3. The van der Waals surface area contributed by atoms with Crippen molar-refractivity contribution in [1.29, 1.82) is 0 Å². The first-order valence-corrected chi connectivity index (χ1v) is 12.6. The third-order valence-electron chi connectivity index (χ3n) is 6.79. The van der Waals surface area contributed by atoms with Gasteiger partial charge in [-0.2, -0.15) is 0 Å². The topological polar surface area (TPSA) is 109 Å². The minimum atomic E-state index is -0.634. The number of nitrogens with one attached hydrogen (secondary N) is 1. The van der Waals surface area contributed by atoms with E-state index in [1.807, 2.05) is 12.1 Å². The van der Waals surface area contributed by atoms with Gasteiger partial charge in [0.25, 0.3) is 5.91 Å². The summed E-state index contributed by atoms with van der Waals surface area (Å²) in [5.74, 6) is 0.00126. The summed E-state index contributed by atoms with van der Waals surface area (Å²) in [6, 6.07) is 25.7. The average molecular weight is 497 g/mol. The molecule has 3 aromatic carbocycles. The largest absolute Gasteiger partial charge is 0.395 e. The molecule has 1 aliphatic heterocycles. The van der Waals surface area contributed by atoms with Crippen LogP contribution in [-0.2, 0) is 13.0 Å². The Hall–Kier alpha value is -3.85. The van der Waals surface area contributed by atoms with Crippen molar-refractivity contribution in [3.63, 3.8) is 0 Å². The molecule has 0 unspecified atom stereocenters. The maximum atomic E-state index is 11.4. The molecule has 8 nitrogen and oxygen atoms in total. The molecule has 1 aliphatic rings. The number of aliphatic hydroxyl groups is 1. The molecule has 1 amide bonds. The highest BCUT2D eigenvalue weighted by Gasteiger charge is 2.18. The first-order chi connectivity index (χ1) is 18.0. The molecule has 190 valence electrons. The average Bonchev–Trinajstić information content (AvgIpc) is 3.32. The van der Waals surface area contributed by atoms with Crippen molar-refractivity contribution in [3.8, 4) is 16.8 Å². The normalized spacial score (nSPS) is 16.1. The number of primary amides is 1. The number of hydrogen-bond donors (Lipinski definition) is 3. The highest BCUT2D eigenvalue weighted by molar-refractivity contribution is 5.88. The van der Waals surface area contributed by atoms with E-state index < -0.39 is 5.91 Å². The van der Waals surface area contributed by atoms with E-state index in [9.17, 15) is 9.90 Å². The van der Waals surface area contributed by atoms with Crippen LogP contribution in [0.4, 0.5) is 0 Å². The van der Waals surface area contributed by atoms with Crippen LogP contribution in [-0.4, -0.2) is 63.0 Å². The predicted molar refractivity (Wildman–Crippen MR) is 143 cm³/mol. The molecule has 1 aromatic heterocycles. The maximum absolute atomic E-state index is 11.4. The van der Waals surface area contributed by atoms with Crippen molar-refractivity contribution >= 4 is 5.91 Å². The van der Waals surface area contributed by atoms with E-state index in [0.717, 1.165) is 38.3 Å². The Morgan fingerprint density at radius 1 is 0.973 bits per heavy atom. The van der Waals surface area contributed by atoms with Crippen molar-refractivity contribution in [2.75, 3.05) is 26.2 Å². The van der Waals surface area contributed by atoms with Crippen LogP contribution in [0, 0.1) is 6.92 Å². The standard InChI is InChI=1S/C29H32N6O2/c1-20-32-29(28(30)37)33-35(20)27-12-6-22(7-13-27)16-21-2-8-24(9-3-21)25-10-4-23(5-11-25)17-34-15-14-31-26(18-34)19-36/h2-13,26,31,36H,14-19H2,1H3,(H2,30,37)/t26-/m1/s1. The number of benzene rings is 3. The van der Waals surface area contributed by atoms with Crippen LogP contribution in [0.5, 0.6) is 0 Å². The van der Waals surface area contributed by atoms with E-state index in [1.54, 1.807) is 11.6 Å². The molecule has 37 heavy (non-hydrogen) atoms. The maximum Gasteiger partial charge on any atom is 0.288 e. The van der Waals surface area contributed by atoms with Crippen molar-refractivity contribution in [3.05, 3.63) is 101 Å². The fraction of sp³-hybridized carbons (Fsp3) is 0.276. The monoisotopic (exact) mass is 496 g/mol. The molecule has 0 saturated carbocycles. The van der Waals surface area contributed by atoms with E-state index >= 15 is 0 Å². The van der Waals surface area contributed by atoms with Crippen molar-refractivity contribution in [2.45, 2.75) is 25.9 Å². The van der Waals surface area contributed by atoms with E-state index in [-0.39, 0.29) is 18.5 Å². The van der Waals surface area contributed by atoms with Gasteiger partial charge < -0.3 is 16.2 Å². The Labute approximate surface area is 216 Å². The Kier molecular flexibility index (Phi) is 7.41. The number of amides is 1. The van der Waals surface area contributed by atoms with Crippen LogP contribution >= 0.6 is 0 Å². The van der Waals surface area contributed by atoms with Gasteiger partial charge in [0.2, 0.25) is 5.82 Å². The summed E-state index contributed by atoms with van der Waals surface area (Å²) >= 11 is 0. The van der Waals surface area contributed by atoms with Crippen molar-refractivity contribution < 1.29 is 9.90 Å². The summed E-state index contributed by atoms with van der Waals surface area (Å²) in [5.41, 5.74) is 12.2. The van der Waals surface area contributed by atoms with Crippen LogP contribution in [0.1, 0.15) is 33.1 Å². The molecule has 4 N–H and O–H groups in total. The van der Waals surface area contributed by atoms with Gasteiger partial charge in [-0.25, -0.2) is 9.67 Å². The summed E-state index contributed by atoms with van der Waals surface area (Å²) in [4.78, 5) is 17.9. The molecule has 1 fully saturated rings. The van der Waals surface area contributed by atoms with Crippen LogP contribution in [0.25, 0.3) is 16.8 Å². The van der Waals surface area contributed by atoms with Gasteiger partial charge in [0.15, 0.2) is 0 Å². The van der Waals surface area contributed by atoms with Gasteiger partial charge in [-0.05, 0) is 53.3 Å². The lowest BCUT2D eigenvalue weighted by Crippen LogP contribution is -2.51. The van der Waals surface area contributed by atoms with Crippen LogP contribution in [0.15, 0.2) is 72.8 Å². The number of hydrogen-bond acceptors (Lipinski definition) is 6. The molecule has 4 aromatic rings. The number of aryl methyl sites for hydroxylation is 1. The number of rotatable bonds is 8. The molecule has 8 heteroatoms. The summed E-state index contributed by atoms with van der Waals surface area (Å²) in [6.07, 6.45) is 0.821. The van der Waals surface area contributed by atoms with E-state index in [2.05, 4.69) is 81.0 Å². The molecular weight excluding hydrogens is 464 g/mol. The summed E-state index contributed by atoms with van der Waals surface area (Å²) in [7, 11) is 0. The molecule has 0 radical (unpaired) electrons. The fourth-order valence-corrected chi connectivity index (χ4v) is 4.77. The SMILES string of the molecule is Cc1nc(C(N)=O)nn1-c1ccc(Cc2ccc(-c3ccc(CN4CCN[C@@H](CO)C4)cc3)cc2)cc1. The Morgan fingerprint density at radius 3 is 2.14 bits per heavy atom. The molecule has 2 heterocycles. The first kappa shape index (κ1) is 24.8. The number of nitrogens with zero attached hydrogens (tertiary/aromatic N) is 4. The molecule has 0 spiro atoms. The highest BCUT2D eigenvalue weighted by Crippen LogP contribution is 2.22. The predicted octanol–water partition coefficient (Wildman–Crippen LogP) is 2.70. The Morgan fingerprint density at radius 2 is 1.57 bits per heavy atom. The van der Waals surface area contributed by atoms with Gasteiger partial charge in [0, 0.05) is 32.2 Å². The lowest BCUT2D eigenvalue weighted by Gasteiger charge is -2.32. The second-order valence-electron chi connectivity index (χ2n) is 9.56. The first-order valence-electron chi connectivity index (χ1n) is 12.6. The summed E-state index contributed by atoms with van der Waals surface area (Å²) in [6.45, 7) is 5.66. The summed E-state index contributed by atoms with van der Waals surface area (Å²) < 4.78 is 1.62. The lowest BCUT2D eigenvalue weighted by molar-refractivity contribution is 0.0990. The third kappa shape index (κ3) is 5.94. The zero-order valence-electron chi connectivity index (χ0n) is 21.0. The van der Waals surface area contributed by atoms with E-state index in [0.29, 0.717) is 5.82 Å². The zero-order valence-corrected chi connectivity index (χ0v) is 21.0. The van der Waals surface area contributed by atoms with Gasteiger partial charge in [-0.1, -0.05) is 60.7 Å². The molecule has 0 aliphatic carbocycles. The molecule has 1 saturated heterocycles. The second-order valence-corrected chi connectivity index (χ2v) is 9.56.